The summed E-state index contributed by atoms with van der Waals surface area (Å²) >= 11 is 0. The second kappa shape index (κ2) is 9.24. The first kappa shape index (κ1) is 21.6. The number of aldehydes is 1. The first-order chi connectivity index (χ1) is 16.0. The van der Waals surface area contributed by atoms with Crippen LogP contribution in [0.4, 0.5) is 10.5 Å². The number of hydrogen-bond donors (Lipinski definition) is 2. The van der Waals surface area contributed by atoms with Crippen molar-refractivity contribution in [2.24, 2.45) is 0 Å². The van der Waals surface area contributed by atoms with Gasteiger partial charge in [0.2, 0.25) is 5.75 Å². The molecule has 8 heteroatoms. The van der Waals surface area contributed by atoms with Crippen molar-refractivity contribution >= 4 is 18.1 Å². The number of nitrogens with one attached hydrogen (secondary N) is 1. The number of nitro benzene ring substituents is 1. The zero-order chi connectivity index (χ0) is 23.4. The van der Waals surface area contributed by atoms with Gasteiger partial charge in [0.1, 0.15) is 6.61 Å². The standard InChI is InChI=1S/C25H18N2O6/c28-14-17-12-16(13-23(24(17)29)27(31)32)6-5-11-26-25(30)33-15-22-20-9-3-1-7-18(20)19-8-2-4-10-21(19)22/h1-4,7-10,12-14,22,29H,11,15H2,(H,26,30). The van der Waals surface area contributed by atoms with E-state index in [0.717, 1.165) is 28.3 Å². The lowest BCUT2D eigenvalue weighted by Crippen LogP contribution is -2.26. The summed E-state index contributed by atoms with van der Waals surface area (Å²) in [6.07, 6.45) is -0.334. The summed E-state index contributed by atoms with van der Waals surface area (Å²) in [6, 6.07) is 18.3. The molecule has 0 spiro atoms. The van der Waals surface area contributed by atoms with Crippen LogP contribution in [-0.2, 0) is 4.74 Å². The topological polar surface area (TPSA) is 119 Å². The Kier molecular flexibility index (Phi) is 6.04. The number of hydrogen-bond acceptors (Lipinski definition) is 6. The molecule has 1 amide bonds. The highest BCUT2D eigenvalue weighted by Gasteiger charge is 2.28. The van der Waals surface area contributed by atoms with Crippen molar-refractivity contribution in [1.82, 2.24) is 5.32 Å². The van der Waals surface area contributed by atoms with Crippen LogP contribution in [0.2, 0.25) is 0 Å². The highest BCUT2D eigenvalue weighted by molar-refractivity contribution is 5.83. The third kappa shape index (κ3) is 4.38. The second-order valence-corrected chi connectivity index (χ2v) is 7.29. The zero-order valence-electron chi connectivity index (χ0n) is 17.3. The summed E-state index contributed by atoms with van der Waals surface area (Å²) in [5.41, 5.74) is 3.77. The molecule has 3 aromatic rings. The van der Waals surface area contributed by atoms with E-state index in [0.29, 0.717) is 6.29 Å². The SMILES string of the molecule is O=Cc1cc(C#CCNC(=O)OCC2c3ccccc3-c3ccccc32)cc([N+](=O)[O-])c1O. The van der Waals surface area contributed by atoms with Crippen molar-refractivity contribution in [3.8, 4) is 28.7 Å². The number of amides is 1. The van der Waals surface area contributed by atoms with Crippen LogP contribution >= 0.6 is 0 Å². The maximum absolute atomic E-state index is 12.2. The van der Waals surface area contributed by atoms with Crippen molar-refractivity contribution in [3.05, 3.63) is 93.0 Å². The monoisotopic (exact) mass is 442 g/mol. The van der Waals surface area contributed by atoms with E-state index >= 15 is 0 Å². The van der Waals surface area contributed by atoms with E-state index in [1.165, 1.54) is 6.07 Å². The Morgan fingerprint density at radius 1 is 1.12 bits per heavy atom. The summed E-state index contributed by atoms with van der Waals surface area (Å²) in [7, 11) is 0. The van der Waals surface area contributed by atoms with Gasteiger partial charge in [-0.25, -0.2) is 4.79 Å². The lowest BCUT2D eigenvalue weighted by molar-refractivity contribution is -0.385. The van der Waals surface area contributed by atoms with Crippen LogP contribution < -0.4 is 5.32 Å². The largest absolute Gasteiger partial charge is 0.502 e. The zero-order valence-corrected chi connectivity index (χ0v) is 17.3. The molecule has 0 unspecified atom stereocenters. The fraction of sp³-hybridized carbons (Fsp3) is 0.120. The number of alkyl carbamates (subject to hydrolysis) is 1. The molecule has 164 valence electrons. The van der Waals surface area contributed by atoms with Gasteiger partial charge in [0, 0.05) is 17.5 Å². The number of rotatable bonds is 5. The number of phenols is 1. The lowest BCUT2D eigenvalue weighted by Gasteiger charge is -2.14. The molecule has 4 rings (SSSR count). The van der Waals surface area contributed by atoms with E-state index in [2.05, 4.69) is 17.2 Å². The molecule has 33 heavy (non-hydrogen) atoms. The van der Waals surface area contributed by atoms with Crippen LogP contribution in [0.3, 0.4) is 0 Å². The summed E-state index contributed by atoms with van der Waals surface area (Å²) in [5, 5.41) is 23.2. The van der Waals surface area contributed by atoms with Gasteiger partial charge in [0.25, 0.3) is 0 Å². The number of aromatic hydroxyl groups is 1. The first-order valence-corrected chi connectivity index (χ1v) is 10.0. The molecule has 0 saturated heterocycles. The van der Waals surface area contributed by atoms with Gasteiger partial charge in [0.05, 0.1) is 17.0 Å². The van der Waals surface area contributed by atoms with Crippen LogP contribution in [0, 0.1) is 22.0 Å². The van der Waals surface area contributed by atoms with Gasteiger partial charge in [-0.3, -0.25) is 14.9 Å². The Bertz CT molecular complexity index is 1280. The van der Waals surface area contributed by atoms with Crippen molar-refractivity contribution in [2.75, 3.05) is 13.2 Å². The quantitative estimate of drug-likeness (QED) is 0.267. The van der Waals surface area contributed by atoms with Crippen molar-refractivity contribution in [1.29, 1.82) is 0 Å². The van der Waals surface area contributed by atoms with Crippen LogP contribution in [-0.4, -0.2) is 35.6 Å². The molecule has 0 atom stereocenters. The maximum atomic E-state index is 12.2. The number of ether oxygens (including phenoxy) is 1. The number of fused-ring (bicyclic) bond motifs is 3. The first-order valence-electron chi connectivity index (χ1n) is 10.0. The molecule has 2 N–H and O–H groups in total. The van der Waals surface area contributed by atoms with Crippen molar-refractivity contribution in [3.63, 3.8) is 0 Å². The van der Waals surface area contributed by atoms with Gasteiger partial charge in [-0.05, 0) is 28.3 Å². The van der Waals surface area contributed by atoms with E-state index in [1.807, 2.05) is 48.5 Å². The molecular weight excluding hydrogens is 424 g/mol. The molecule has 1 aliphatic carbocycles. The minimum Gasteiger partial charge on any atom is -0.502 e. The van der Waals surface area contributed by atoms with E-state index < -0.39 is 22.5 Å². The van der Waals surface area contributed by atoms with E-state index in [1.54, 1.807) is 0 Å². The summed E-state index contributed by atoms with van der Waals surface area (Å²) in [5.74, 6) is 4.50. The molecule has 8 nitrogen and oxygen atoms in total. The van der Waals surface area contributed by atoms with Gasteiger partial charge in [-0.1, -0.05) is 60.4 Å². The predicted molar refractivity (Wildman–Crippen MR) is 120 cm³/mol. The lowest BCUT2D eigenvalue weighted by atomic mass is 9.98. The highest BCUT2D eigenvalue weighted by Crippen LogP contribution is 2.44. The Morgan fingerprint density at radius 3 is 2.36 bits per heavy atom. The number of carbonyl (C=O) groups is 2. The minimum absolute atomic E-state index is 0.0615. The third-order valence-corrected chi connectivity index (χ3v) is 5.34. The normalized spacial score (nSPS) is 11.5. The molecule has 1 aliphatic rings. The predicted octanol–water partition coefficient (Wildman–Crippen LogP) is 4.00. The van der Waals surface area contributed by atoms with Crippen LogP contribution in [0.1, 0.15) is 33.0 Å². The van der Waals surface area contributed by atoms with E-state index in [-0.39, 0.29) is 30.2 Å². The molecule has 0 fully saturated rings. The smallest absolute Gasteiger partial charge is 0.407 e. The molecule has 3 aromatic carbocycles. The molecule has 0 aliphatic heterocycles. The minimum atomic E-state index is -0.803. The maximum Gasteiger partial charge on any atom is 0.407 e. The summed E-state index contributed by atoms with van der Waals surface area (Å²) in [4.78, 5) is 33.4. The van der Waals surface area contributed by atoms with Crippen LogP contribution in [0.5, 0.6) is 5.75 Å². The van der Waals surface area contributed by atoms with Gasteiger partial charge < -0.3 is 15.2 Å². The third-order valence-electron chi connectivity index (χ3n) is 5.34. The molecule has 0 saturated carbocycles. The van der Waals surface area contributed by atoms with Crippen molar-refractivity contribution < 1.29 is 24.4 Å². The fourth-order valence-corrected chi connectivity index (χ4v) is 3.85. The summed E-state index contributed by atoms with van der Waals surface area (Å²) in [6.45, 7) is 0.0991. The Labute approximate surface area is 189 Å². The van der Waals surface area contributed by atoms with Crippen LogP contribution in [0.15, 0.2) is 60.7 Å². The van der Waals surface area contributed by atoms with E-state index in [4.69, 9.17) is 4.74 Å². The number of nitro groups is 1. The summed E-state index contributed by atoms with van der Waals surface area (Å²) < 4.78 is 5.41. The average molecular weight is 442 g/mol. The van der Waals surface area contributed by atoms with Gasteiger partial charge in [-0.15, -0.1) is 0 Å². The van der Waals surface area contributed by atoms with Gasteiger partial charge in [0.15, 0.2) is 6.29 Å². The molecule has 0 radical (unpaired) electrons. The Morgan fingerprint density at radius 2 is 1.76 bits per heavy atom. The van der Waals surface area contributed by atoms with Crippen LogP contribution in [0.25, 0.3) is 11.1 Å². The molecular formula is C25H18N2O6. The number of benzene rings is 3. The van der Waals surface area contributed by atoms with E-state index in [9.17, 15) is 24.8 Å². The second-order valence-electron chi connectivity index (χ2n) is 7.29. The fourth-order valence-electron chi connectivity index (χ4n) is 3.85. The molecule has 0 bridgehead atoms. The Balaban J connectivity index is 1.38. The number of phenolic OH excluding ortho intramolecular Hbond substituents is 1. The molecule has 0 heterocycles. The number of carbonyl (C=O) groups excluding carboxylic acids is 2. The van der Waals surface area contributed by atoms with Crippen molar-refractivity contribution in [2.45, 2.75) is 5.92 Å². The highest BCUT2D eigenvalue weighted by atomic mass is 16.6. The Hall–Kier alpha value is -4.64. The molecule has 0 aromatic heterocycles. The van der Waals surface area contributed by atoms with Gasteiger partial charge >= 0.3 is 11.8 Å². The van der Waals surface area contributed by atoms with Gasteiger partial charge in [-0.2, -0.15) is 0 Å². The average Bonchev–Trinajstić information content (AvgIpc) is 3.14. The number of nitrogens with zero attached hydrogens (tertiary/aromatic N) is 1.